The van der Waals surface area contributed by atoms with Crippen LogP contribution in [0.2, 0.25) is 0 Å². The minimum absolute atomic E-state index is 0.0575. The summed E-state index contributed by atoms with van der Waals surface area (Å²) in [5, 5.41) is 4.53. The van der Waals surface area contributed by atoms with Crippen LogP contribution >= 0.6 is 0 Å². The number of amides is 3. The number of methoxy groups -OCH3 is 1. The first-order valence-electron chi connectivity index (χ1n) is 7.45. The van der Waals surface area contributed by atoms with Gasteiger partial charge in [0.1, 0.15) is 18.1 Å². The van der Waals surface area contributed by atoms with Gasteiger partial charge >= 0.3 is 6.03 Å². The molecule has 3 amide bonds. The van der Waals surface area contributed by atoms with E-state index in [-0.39, 0.29) is 18.1 Å². The zero-order valence-corrected chi connectivity index (χ0v) is 13.3. The van der Waals surface area contributed by atoms with Gasteiger partial charge in [0, 0.05) is 5.56 Å². The SMILES string of the molecule is COc1cc(/C=C2\NC(=O)NC2=O)ccc1OCc1ccccc1F. The number of ether oxygens (including phenoxy) is 2. The Morgan fingerprint density at radius 1 is 1.08 bits per heavy atom. The Bertz CT molecular complexity index is 864. The van der Waals surface area contributed by atoms with E-state index in [1.54, 1.807) is 36.4 Å². The van der Waals surface area contributed by atoms with Gasteiger partial charge < -0.3 is 14.8 Å². The summed E-state index contributed by atoms with van der Waals surface area (Å²) in [5.41, 5.74) is 1.22. The molecule has 0 atom stereocenters. The fourth-order valence-electron chi connectivity index (χ4n) is 2.31. The zero-order valence-electron chi connectivity index (χ0n) is 13.3. The monoisotopic (exact) mass is 342 g/mol. The van der Waals surface area contributed by atoms with Gasteiger partial charge in [-0.1, -0.05) is 24.3 Å². The van der Waals surface area contributed by atoms with Gasteiger partial charge in [-0.25, -0.2) is 9.18 Å². The van der Waals surface area contributed by atoms with E-state index in [1.165, 1.54) is 19.3 Å². The topological polar surface area (TPSA) is 76.7 Å². The van der Waals surface area contributed by atoms with E-state index < -0.39 is 11.9 Å². The molecule has 6 nitrogen and oxygen atoms in total. The number of benzene rings is 2. The molecule has 128 valence electrons. The molecule has 0 bridgehead atoms. The van der Waals surface area contributed by atoms with E-state index >= 15 is 0 Å². The van der Waals surface area contributed by atoms with Crippen molar-refractivity contribution in [3.8, 4) is 11.5 Å². The third-order valence-corrected chi connectivity index (χ3v) is 3.56. The molecular weight excluding hydrogens is 327 g/mol. The number of carbonyl (C=O) groups excluding carboxylic acids is 2. The maximum atomic E-state index is 13.6. The van der Waals surface area contributed by atoms with Crippen molar-refractivity contribution in [2.45, 2.75) is 6.61 Å². The van der Waals surface area contributed by atoms with Crippen LogP contribution in [0.3, 0.4) is 0 Å². The predicted octanol–water partition coefficient (Wildman–Crippen LogP) is 2.59. The molecule has 1 heterocycles. The summed E-state index contributed by atoms with van der Waals surface area (Å²) in [7, 11) is 1.48. The summed E-state index contributed by atoms with van der Waals surface area (Å²) >= 11 is 0. The first-order chi connectivity index (χ1) is 12.1. The van der Waals surface area contributed by atoms with Crippen LogP contribution in [0.5, 0.6) is 11.5 Å². The van der Waals surface area contributed by atoms with Crippen LogP contribution in [0.25, 0.3) is 6.08 Å². The highest BCUT2D eigenvalue weighted by molar-refractivity contribution is 6.14. The Morgan fingerprint density at radius 2 is 1.88 bits per heavy atom. The van der Waals surface area contributed by atoms with E-state index in [0.717, 1.165) is 0 Å². The maximum Gasteiger partial charge on any atom is 0.326 e. The molecule has 0 spiro atoms. The zero-order chi connectivity index (χ0) is 17.8. The lowest BCUT2D eigenvalue weighted by atomic mass is 10.1. The van der Waals surface area contributed by atoms with Crippen molar-refractivity contribution in [1.29, 1.82) is 0 Å². The molecule has 0 aliphatic carbocycles. The van der Waals surface area contributed by atoms with Gasteiger partial charge in [-0.3, -0.25) is 10.1 Å². The van der Waals surface area contributed by atoms with Crippen molar-refractivity contribution in [3.05, 3.63) is 65.1 Å². The second kappa shape index (κ2) is 7.04. The summed E-state index contributed by atoms with van der Waals surface area (Å²) in [4.78, 5) is 22.7. The fourth-order valence-corrected chi connectivity index (χ4v) is 2.31. The lowest BCUT2D eigenvalue weighted by Gasteiger charge is -2.12. The van der Waals surface area contributed by atoms with E-state index in [2.05, 4.69) is 10.6 Å². The molecule has 0 unspecified atom stereocenters. The third-order valence-electron chi connectivity index (χ3n) is 3.56. The number of halogens is 1. The van der Waals surface area contributed by atoms with Gasteiger partial charge in [-0.15, -0.1) is 0 Å². The van der Waals surface area contributed by atoms with Crippen molar-refractivity contribution in [2.75, 3.05) is 7.11 Å². The van der Waals surface area contributed by atoms with Crippen molar-refractivity contribution in [1.82, 2.24) is 10.6 Å². The number of imide groups is 1. The molecule has 2 aromatic carbocycles. The fraction of sp³-hybridized carbons (Fsp3) is 0.111. The molecular formula is C18H15FN2O4. The minimum Gasteiger partial charge on any atom is -0.493 e. The standard InChI is InChI=1S/C18H15FN2O4/c1-24-16-9-11(8-14-17(22)21-18(23)20-14)6-7-15(16)25-10-12-4-2-3-5-13(12)19/h2-9H,10H2,1H3,(H2,20,21,22,23)/b14-8-. The molecule has 1 aliphatic rings. The van der Waals surface area contributed by atoms with Crippen molar-refractivity contribution in [3.63, 3.8) is 0 Å². The van der Waals surface area contributed by atoms with Crippen LogP contribution in [-0.4, -0.2) is 19.0 Å². The molecule has 0 radical (unpaired) electrons. The second-order valence-electron chi connectivity index (χ2n) is 5.26. The smallest absolute Gasteiger partial charge is 0.326 e. The second-order valence-corrected chi connectivity index (χ2v) is 5.26. The van der Waals surface area contributed by atoms with E-state index in [9.17, 15) is 14.0 Å². The molecule has 2 aromatic rings. The third kappa shape index (κ3) is 3.77. The Kier molecular flexibility index (Phi) is 4.65. The highest BCUT2D eigenvalue weighted by Gasteiger charge is 2.22. The van der Waals surface area contributed by atoms with E-state index in [0.29, 0.717) is 22.6 Å². The molecule has 7 heteroatoms. The number of hydrogen-bond acceptors (Lipinski definition) is 4. The number of urea groups is 1. The molecule has 1 saturated heterocycles. The Labute approximate surface area is 143 Å². The van der Waals surface area contributed by atoms with Gasteiger partial charge in [-0.2, -0.15) is 0 Å². The number of hydrogen-bond donors (Lipinski definition) is 2. The molecule has 25 heavy (non-hydrogen) atoms. The first kappa shape index (κ1) is 16.5. The van der Waals surface area contributed by atoms with Crippen molar-refractivity contribution in [2.24, 2.45) is 0 Å². The molecule has 3 rings (SSSR count). The lowest BCUT2D eigenvalue weighted by molar-refractivity contribution is -0.115. The average molecular weight is 342 g/mol. The van der Waals surface area contributed by atoms with Crippen LogP contribution in [0.1, 0.15) is 11.1 Å². The lowest BCUT2D eigenvalue weighted by Crippen LogP contribution is -2.22. The van der Waals surface area contributed by atoms with Crippen LogP contribution < -0.4 is 20.1 Å². The summed E-state index contributed by atoms with van der Waals surface area (Å²) < 4.78 is 24.5. The van der Waals surface area contributed by atoms with E-state index in [1.807, 2.05) is 0 Å². The normalized spacial score (nSPS) is 15.0. The Morgan fingerprint density at radius 3 is 2.56 bits per heavy atom. The highest BCUT2D eigenvalue weighted by Crippen LogP contribution is 2.30. The Hall–Kier alpha value is -3.35. The van der Waals surface area contributed by atoms with Gasteiger partial charge in [0.15, 0.2) is 11.5 Å². The van der Waals surface area contributed by atoms with Crippen molar-refractivity contribution < 1.29 is 23.5 Å². The van der Waals surface area contributed by atoms with Gasteiger partial charge in [0.25, 0.3) is 5.91 Å². The summed E-state index contributed by atoms with van der Waals surface area (Å²) in [6, 6.07) is 10.8. The van der Waals surface area contributed by atoms with Crippen LogP contribution in [0, 0.1) is 5.82 Å². The average Bonchev–Trinajstić information content (AvgIpc) is 2.92. The summed E-state index contributed by atoms with van der Waals surface area (Å²) in [6.07, 6.45) is 1.52. The van der Waals surface area contributed by atoms with E-state index in [4.69, 9.17) is 9.47 Å². The van der Waals surface area contributed by atoms with Crippen LogP contribution in [0.15, 0.2) is 48.2 Å². The molecule has 2 N–H and O–H groups in total. The van der Waals surface area contributed by atoms with Gasteiger partial charge in [0.2, 0.25) is 0 Å². The molecule has 1 aliphatic heterocycles. The Balaban J connectivity index is 1.78. The maximum absolute atomic E-state index is 13.6. The van der Waals surface area contributed by atoms with Crippen LogP contribution in [0.4, 0.5) is 9.18 Å². The molecule has 0 aromatic heterocycles. The number of carbonyl (C=O) groups is 2. The van der Waals surface area contributed by atoms with Crippen molar-refractivity contribution >= 4 is 18.0 Å². The minimum atomic E-state index is -0.562. The predicted molar refractivity (Wildman–Crippen MR) is 88.4 cm³/mol. The number of nitrogens with one attached hydrogen (secondary N) is 2. The van der Waals surface area contributed by atoms with Gasteiger partial charge in [-0.05, 0) is 29.8 Å². The molecule has 1 fully saturated rings. The largest absolute Gasteiger partial charge is 0.493 e. The van der Waals surface area contributed by atoms with Crippen LogP contribution in [-0.2, 0) is 11.4 Å². The highest BCUT2D eigenvalue weighted by atomic mass is 19.1. The number of rotatable bonds is 5. The first-order valence-corrected chi connectivity index (χ1v) is 7.45. The summed E-state index contributed by atoms with van der Waals surface area (Å²) in [5.74, 6) is 0.0258. The molecule has 0 saturated carbocycles. The quantitative estimate of drug-likeness (QED) is 0.647. The summed E-state index contributed by atoms with van der Waals surface area (Å²) in [6.45, 7) is 0.0575. The van der Waals surface area contributed by atoms with Gasteiger partial charge in [0.05, 0.1) is 7.11 Å².